The molecule has 0 heterocycles. The summed E-state index contributed by atoms with van der Waals surface area (Å²) >= 11 is 1.30. The summed E-state index contributed by atoms with van der Waals surface area (Å²) in [5, 5.41) is 20.6. The third-order valence-corrected chi connectivity index (χ3v) is 3.46. The minimum atomic E-state index is -0.758. The summed E-state index contributed by atoms with van der Waals surface area (Å²) in [6, 6.07) is 7.73. The highest BCUT2D eigenvalue weighted by Gasteiger charge is 2.06. The number of carbonyl (C=O) groups is 1. The van der Waals surface area contributed by atoms with E-state index < -0.39 is 6.10 Å². The highest BCUT2D eigenvalue weighted by Crippen LogP contribution is 2.12. The highest BCUT2D eigenvalue weighted by atomic mass is 32.2. The molecule has 0 aromatic heterocycles. The molecule has 5 heteroatoms. The van der Waals surface area contributed by atoms with Crippen molar-refractivity contribution in [2.45, 2.75) is 19.4 Å². The first-order valence-corrected chi connectivity index (χ1v) is 7.06. The van der Waals surface area contributed by atoms with E-state index in [1.165, 1.54) is 17.3 Å². The smallest absolute Gasteiger partial charge is 0.234 e. The third kappa shape index (κ3) is 5.53. The number of benzene rings is 1. The zero-order valence-corrected chi connectivity index (χ0v) is 11.2. The van der Waals surface area contributed by atoms with Crippen LogP contribution < -0.4 is 5.32 Å². The summed E-state index contributed by atoms with van der Waals surface area (Å²) in [6.45, 7) is 1.79. The van der Waals surface area contributed by atoms with Gasteiger partial charge in [0.2, 0.25) is 5.91 Å². The molecular formula is C13H19NO3S. The molecule has 0 saturated heterocycles. The summed E-state index contributed by atoms with van der Waals surface area (Å²) in [4.78, 5) is 11.6. The molecule has 1 aromatic rings. The average Bonchev–Trinajstić information content (AvgIpc) is 2.38. The highest BCUT2D eigenvalue weighted by molar-refractivity contribution is 8.00. The van der Waals surface area contributed by atoms with Crippen LogP contribution in [0.2, 0.25) is 0 Å². The quantitative estimate of drug-likeness (QED) is 0.697. The van der Waals surface area contributed by atoms with Crippen LogP contribution in [0.4, 0.5) is 5.69 Å². The Hall–Kier alpha value is -1.04. The van der Waals surface area contributed by atoms with Gasteiger partial charge in [-0.1, -0.05) is 19.1 Å². The normalized spacial score (nSPS) is 12.2. The van der Waals surface area contributed by atoms with Crippen molar-refractivity contribution in [1.82, 2.24) is 0 Å². The van der Waals surface area contributed by atoms with Gasteiger partial charge in [0.25, 0.3) is 0 Å². The van der Waals surface area contributed by atoms with E-state index in [4.69, 9.17) is 10.2 Å². The number of aliphatic hydroxyl groups excluding tert-OH is 2. The zero-order valence-electron chi connectivity index (χ0n) is 10.4. The first kappa shape index (κ1) is 15.0. The number of anilines is 1. The number of nitrogens with one attached hydrogen (secondary N) is 1. The van der Waals surface area contributed by atoms with E-state index >= 15 is 0 Å². The van der Waals surface area contributed by atoms with E-state index in [0.717, 1.165) is 12.1 Å². The number of rotatable bonds is 7. The summed E-state index contributed by atoms with van der Waals surface area (Å²) < 4.78 is 0. The number of hydrogen-bond donors (Lipinski definition) is 3. The molecule has 0 aliphatic heterocycles. The Bertz CT molecular complexity index is 384. The second-order valence-corrected chi connectivity index (χ2v) is 4.98. The fraction of sp³-hybridized carbons (Fsp3) is 0.462. The zero-order chi connectivity index (χ0) is 13.4. The summed E-state index contributed by atoms with van der Waals surface area (Å²) in [5.41, 5.74) is 1.97. The van der Waals surface area contributed by atoms with E-state index in [1.54, 1.807) is 0 Å². The maximum atomic E-state index is 11.6. The largest absolute Gasteiger partial charge is 0.394 e. The van der Waals surface area contributed by atoms with Gasteiger partial charge in [-0.05, 0) is 24.1 Å². The van der Waals surface area contributed by atoms with E-state index in [0.29, 0.717) is 5.75 Å². The monoisotopic (exact) mass is 269 g/mol. The van der Waals surface area contributed by atoms with Crippen LogP contribution in [0.1, 0.15) is 12.5 Å². The minimum absolute atomic E-state index is 0.0987. The Labute approximate surface area is 111 Å². The lowest BCUT2D eigenvalue weighted by Crippen LogP contribution is -2.19. The summed E-state index contributed by atoms with van der Waals surface area (Å²) in [6.07, 6.45) is 0.174. The second kappa shape index (κ2) is 8.13. The van der Waals surface area contributed by atoms with E-state index in [2.05, 4.69) is 12.2 Å². The minimum Gasteiger partial charge on any atom is -0.394 e. The van der Waals surface area contributed by atoms with Crippen LogP contribution in [0.3, 0.4) is 0 Å². The Kier molecular flexibility index (Phi) is 6.78. The van der Waals surface area contributed by atoms with Crippen LogP contribution in [0.15, 0.2) is 24.3 Å². The predicted molar refractivity (Wildman–Crippen MR) is 74.9 cm³/mol. The van der Waals surface area contributed by atoms with Gasteiger partial charge in [0.15, 0.2) is 0 Å². The molecule has 18 heavy (non-hydrogen) atoms. The van der Waals surface area contributed by atoms with Crippen LogP contribution in [-0.4, -0.2) is 40.3 Å². The van der Waals surface area contributed by atoms with Crippen LogP contribution in [0.25, 0.3) is 0 Å². The summed E-state index contributed by atoms with van der Waals surface area (Å²) in [5.74, 6) is 0.533. The predicted octanol–water partition coefficient (Wildman–Crippen LogP) is 1.27. The standard InChI is InChI=1S/C13H19NO3S/c1-2-10-4-3-5-11(6-10)14-13(17)9-18-8-12(16)7-15/h3-6,12,15-16H,2,7-9H2,1H3,(H,14,17). The molecule has 0 spiro atoms. The number of carbonyl (C=O) groups excluding carboxylic acids is 1. The maximum absolute atomic E-state index is 11.6. The number of aliphatic hydroxyl groups is 2. The third-order valence-electron chi connectivity index (χ3n) is 2.37. The maximum Gasteiger partial charge on any atom is 0.234 e. The molecule has 0 fully saturated rings. The molecular weight excluding hydrogens is 250 g/mol. The molecule has 0 saturated carbocycles. The number of hydrogen-bond acceptors (Lipinski definition) is 4. The Morgan fingerprint density at radius 3 is 2.94 bits per heavy atom. The van der Waals surface area contributed by atoms with Gasteiger partial charge in [0.1, 0.15) is 0 Å². The number of aryl methyl sites for hydroxylation is 1. The molecule has 3 N–H and O–H groups in total. The van der Waals surface area contributed by atoms with Gasteiger partial charge in [-0.2, -0.15) is 0 Å². The molecule has 0 aliphatic carbocycles. The topological polar surface area (TPSA) is 69.6 Å². The second-order valence-electron chi connectivity index (χ2n) is 3.95. The molecule has 0 aliphatic rings. The lowest BCUT2D eigenvalue weighted by atomic mass is 10.1. The fourth-order valence-electron chi connectivity index (χ4n) is 1.41. The average molecular weight is 269 g/mol. The van der Waals surface area contributed by atoms with Crippen molar-refractivity contribution in [1.29, 1.82) is 0 Å². The SMILES string of the molecule is CCc1cccc(NC(=O)CSCC(O)CO)c1. The van der Waals surface area contributed by atoms with Gasteiger partial charge >= 0.3 is 0 Å². The van der Waals surface area contributed by atoms with E-state index in [-0.39, 0.29) is 18.3 Å². The molecule has 0 radical (unpaired) electrons. The Morgan fingerprint density at radius 2 is 2.28 bits per heavy atom. The molecule has 1 aromatic carbocycles. The van der Waals surface area contributed by atoms with E-state index in [9.17, 15) is 4.79 Å². The first-order valence-electron chi connectivity index (χ1n) is 5.91. The number of thioether (sulfide) groups is 1. The van der Waals surface area contributed by atoms with Crippen molar-refractivity contribution in [2.24, 2.45) is 0 Å². The molecule has 1 rings (SSSR count). The van der Waals surface area contributed by atoms with Gasteiger partial charge in [-0.15, -0.1) is 11.8 Å². The van der Waals surface area contributed by atoms with Crippen LogP contribution in [-0.2, 0) is 11.2 Å². The van der Waals surface area contributed by atoms with Gasteiger partial charge < -0.3 is 15.5 Å². The first-order chi connectivity index (χ1) is 8.65. The van der Waals surface area contributed by atoms with Crippen molar-refractivity contribution in [3.63, 3.8) is 0 Å². The molecule has 100 valence electrons. The van der Waals surface area contributed by atoms with E-state index in [1.807, 2.05) is 24.3 Å². The van der Waals surface area contributed by atoms with Crippen molar-refractivity contribution < 1.29 is 15.0 Å². The Balaban J connectivity index is 2.35. The van der Waals surface area contributed by atoms with Crippen LogP contribution >= 0.6 is 11.8 Å². The fourth-order valence-corrected chi connectivity index (χ4v) is 2.16. The number of amides is 1. The van der Waals surface area contributed by atoms with Crippen molar-refractivity contribution >= 4 is 23.4 Å². The van der Waals surface area contributed by atoms with Gasteiger partial charge in [0.05, 0.1) is 18.5 Å². The lowest BCUT2D eigenvalue weighted by Gasteiger charge is -2.08. The van der Waals surface area contributed by atoms with Gasteiger partial charge in [-0.25, -0.2) is 0 Å². The lowest BCUT2D eigenvalue weighted by molar-refractivity contribution is -0.113. The molecule has 4 nitrogen and oxygen atoms in total. The molecule has 1 unspecified atom stereocenters. The summed E-state index contributed by atoms with van der Waals surface area (Å²) in [7, 11) is 0. The van der Waals surface area contributed by atoms with Gasteiger partial charge in [0, 0.05) is 11.4 Å². The molecule has 0 bridgehead atoms. The van der Waals surface area contributed by atoms with Gasteiger partial charge in [-0.3, -0.25) is 4.79 Å². The van der Waals surface area contributed by atoms with Crippen molar-refractivity contribution in [3.8, 4) is 0 Å². The molecule has 1 amide bonds. The van der Waals surface area contributed by atoms with Crippen molar-refractivity contribution in [3.05, 3.63) is 29.8 Å². The Morgan fingerprint density at radius 1 is 1.50 bits per heavy atom. The van der Waals surface area contributed by atoms with Crippen LogP contribution in [0, 0.1) is 0 Å². The van der Waals surface area contributed by atoms with Crippen LogP contribution in [0.5, 0.6) is 0 Å². The molecule has 1 atom stereocenters. The van der Waals surface area contributed by atoms with Crippen molar-refractivity contribution in [2.75, 3.05) is 23.4 Å².